The molecule has 2 aromatic rings. The number of aliphatic hydroxyl groups is 1. The van der Waals surface area contributed by atoms with Crippen molar-refractivity contribution in [1.29, 1.82) is 0 Å². The summed E-state index contributed by atoms with van der Waals surface area (Å²) in [6.07, 6.45) is 0.542. The number of amides is 1. The van der Waals surface area contributed by atoms with Crippen molar-refractivity contribution in [3.63, 3.8) is 0 Å². The van der Waals surface area contributed by atoms with Gasteiger partial charge in [-0.2, -0.15) is 0 Å². The van der Waals surface area contributed by atoms with Crippen molar-refractivity contribution in [2.24, 2.45) is 0 Å². The summed E-state index contributed by atoms with van der Waals surface area (Å²) in [7, 11) is 0. The third kappa shape index (κ3) is 5.79. The number of carboxylic acid groups (broad SMARTS) is 1. The van der Waals surface area contributed by atoms with Crippen molar-refractivity contribution in [1.82, 2.24) is 5.32 Å². The van der Waals surface area contributed by atoms with Crippen LogP contribution in [-0.2, 0) is 16.0 Å². The number of hydrogen-bond acceptors (Lipinski definition) is 4. The normalized spacial score (nSPS) is 13.2. The number of thiophene rings is 1. The van der Waals surface area contributed by atoms with Crippen molar-refractivity contribution in [2.75, 3.05) is 6.61 Å². The molecule has 1 aromatic carbocycles. The number of carbonyl (C=O) groups excluding carboxylic acids is 1. The fourth-order valence-corrected chi connectivity index (χ4v) is 3.41. The summed E-state index contributed by atoms with van der Waals surface area (Å²) in [4.78, 5) is 24.2. The molecule has 0 bridgehead atoms. The van der Waals surface area contributed by atoms with Crippen molar-refractivity contribution in [2.45, 2.75) is 31.2 Å². The molecule has 128 valence electrons. The highest BCUT2D eigenvalue weighted by atomic mass is 32.1. The first-order chi connectivity index (χ1) is 11.6. The summed E-state index contributed by atoms with van der Waals surface area (Å²) >= 11 is 1.45. The predicted molar refractivity (Wildman–Crippen MR) is 93.1 cm³/mol. The quantitative estimate of drug-likeness (QED) is 0.650. The van der Waals surface area contributed by atoms with Crippen molar-refractivity contribution < 1.29 is 19.8 Å². The van der Waals surface area contributed by atoms with E-state index in [9.17, 15) is 14.7 Å². The first kappa shape index (κ1) is 18.2. The van der Waals surface area contributed by atoms with Crippen LogP contribution in [0.5, 0.6) is 0 Å². The molecule has 5 nitrogen and oxygen atoms in total. The summed E-state index contributed by atoms with van der Waals surface area (Å²) < 4.78 is 0. The molecule has 1 heterocycles. The molecule has 2 rings (SSSR count). The molecule has 0 aliphatic rings. The summed E-state index contributed by atoms with van der Waals surface area (Å²) in [5, 5.41) is 23.2. The molecule has 0 unspecified atom stereocenters. The third-order valence-electron chi connectivity index (χ3n) is 3.71. The van der Waals surface area contributed by atoms with Crippen molar-refractivity contribution >= 4 is 23.2 Å². The molecule has 0 saturated heterocycles. The largest absolute Gasteiger partial charge is 0.481 e. The molecule has 24 heavy (non-hydrogen) atoms. The lowest BCUT2D eigenvalue weighted by atomic mass is 9.98. The van der Waals surface area contributed by atoms with Crippen LogP contribution in [0.3, 0.4) is 0 Å². The maximum absolute atomic E-state index is 12.3. The van der Waals surface area contributed by atoms with Crippen LogP contribution in [-0.4, -0.2) is 34.7 Å². The van der Waals surface area contributed by atoms with Gasteiger partial charge < -0.3 is 15.5 Å². The van der Waals surface area contributed by atoms with E-state index in [1.165, 1.54) is 11.3 Å². The Morgan fingerprint density at radius 1 is 1.08 bits per heavy atom. The molecular weight excluding hydrogens is 326 g/mol. The molecular formula is C18H21NO4S. The summed E-state index contributed by atoms with van der Waals surface area (Å²) in [6.45, 7) is -0.163. The van der Waals surface area contributed by atoms with Crippen LogP contribution in [0.25, 0.3) is 0 Å². The average Bonchev–Trinajstić information content (AvgIpc) is 3.08. The van der Waals surface area contributed by atoms with E-state index in [2.05, 4.69) is 5.32 Å². The van der Waals surface area contributed by atoms with Crippen LogP contribution in [0.1, 0.15) is 29.2 Å². The van der Waals surface area contributed by atoms with E-state index >= 15 is 0 Å². The third-order valence-corrected chi connectivity index (χ3v) is 4.74. The van der Waals surface area contributed by atoms with Gasteiger partial charge in [0.15, 0.2) is 0 Å². The second-order valence-corrected chi connectivity index (χ2v) is 6.63. The molecule has 0 spiro atoms. The van der Waals surface area contributed by atoms with Crippen LogP contribution >= 0.6 is 11.3 Å². The van der Waals surface area contributed by atoms with Crippen LogP contribution in [0.4, 0.5) is 0 Å². The molecule has 2 atom stereocenters. The standard InChI is InChI=1S/C18H21NO4S/c20-12-15(9-13-5-2-1-3-6-13)19-17(21)10-14(11-18(22)23)16-7-4-8-24-16/h1-8,14-15,20H,9-12H2,(H,19,21)(H,22,23)/t14-,15-/m0/s1. The van der Waals surface area contributed by atoms with Crippen LogP contribution < -0.4 is 5.32 Å². The van der Waals surface area contributed by atoms with E-state index in [4.69, 9.17) is 5.11 Å². The number of carbonyl (C=O) groups is 2. The minimum absolute atomic E-state index is 0.0869. The molecule has 0 saturated carbocycles. The SMILES string of the molecule is O=C(O)C[C@H](CC(=O)N[C@H](CO)Cc1ccccc1)c1cccs1. The Hall–Kier alpha value is -2.18. The lowest BCUT2D eigenvalue weighted by Crippen LogP contribution is -2.39. The zero-order chi connectivity index (χ0) is 17.4. The predicted octanol–water partition coefficient (Wildman–Crippen LogP) is 2.42. The number of carboxylic acids is 1. The highest BCUT2D eigenvalue weighted by Gasteiger charge is 2.21. The van der Waals surface area contributed by atoms with Gasteiger partial charge in [0.1, 0.15) is 0 Å². The van der Waals surface area contributed by atoms with Gasteiger partial charge in [0.2, 0.25) is 5.91 Å². The Labute approximate surface area is 145 Å². The van der Waals surface area contributed by atoms with Crippen LogP contribution in [0, 0.1) is 0 Å². The second-order valence-electron chi connectivity index (χ2n) is 5.65. The summed E-state index contributed by atoms with van der Waals surface area (Å²) in [5.41, 5.74) is 1.03. The lowest BCUT2D eigenvalue weighted by Gasteiger charge is -2.19. The molecule has 0 fully saturated rings. The summed E-state index contributed by atoms with van der Waals surface area (Å²) in [5.74, 6) is -1.52. The maximum Gasteiger partial charge on any atom is 0.304 e. The van der Waals surface area contributed by atoms with Gasteiger partial charge in [0.25, 0.3) is 0 Å². The number of nitrogens with one attached hydrogen (secondary N) is 1. The average molecular weight is 347 g/mol. The summed E-state index contributed by atoms with van der Waals surface area (Å²) in [6, 6.07) is 12.9. The number of aliphatic carboxylic acids is 1. The monoisotopic (exact) mass is 347 g/mol. The van der Waals surface area contributed by atoms with Gasteiger partial charge in [-0.25, -0.2) is 0 Å². The van der Waals surface area contributed by atoms with Crippen molar-refractivity contribution in [3.8, 4) is 0 Å². The Bertz CT molecular complexity index is 642. The highest BCUT2D eigenvalue weighted by molar-refractivity contribution is 7.10. The van der Waals surface area contributed by atoms with E-state index < -0.39 is 5.97 Å². The molecule has 1 amide bonds. The highest BCUT2D eigenvalue weighted by Crippen LogP contribution is 2.27. The van der Waals surface area contributed by atoms with Gasteiger partial charge in [-0.3, -0.25) is 9.59 Å². The van der Waals surface area contributed by atoms with E-state index in [0.717, 1.165) is 10.4 Å². The fourth-order valence-electron chi connectivity index (χ4n) is 2.58. The first-order valence-corrected chi connectivity index (χ1v) is 8.65. The molecule has 0 radical (unpaired) electrons. The van der Waals surface area contributed by atoms with Gasteiger partial charge in [-0.05, 0) is 23.4 Å². The molecule has 0 aliphatic carbocycles. The van der Waals surface area contributed by atoms with Crippen LogP contribution in [0.15, 0.2) is 47.8 Å². The van der Waals surface area contributed by atoms with Crippen LogP contribution in [0.2, 0.25) is 0 Å². The Morgan fingerprint density at radius 2 is 1.83 bits per heavy atom. The Balaban J connectivity index is 1.94. The Morgan fingerprint density at radius 3 is 2.42 bits per heavy atom. The molecule has 0 aliphatic heterocycles. The van der Waals surface area contributed by atoms with E-state index in [1.54, 1.807) is 0 Å². The van der Waals surface area contributed by atoms with Gasteiger partial charge in [0.05, 0.1) is 19.1 Å². The van der Waals surface area contributed by atoms with E-state index in [1.807, 2.05) is 47.8 Å². The number of hydrogen-bond donors (Lipinski definition) is 3. The zero-order valence-corrected chi connectivity index (χ0v) is 14.0. The minimum Gasteiger partial charge on any atom is -0.481 e. The maximum atomic E-state index is 12.3. The van der Waals surface area contributed by atoms with Gasteiger partial charge >= 0.3 is 5.97 Å². The fraction of sp³-hybridized carbons (Fsp3) is 0.333. The van der Waals surface area contributed by atoms with Crippen molar-refractivity contribution in [3.05, 3.63) is 58.3 Å². The van der Waals surface area contributed by atoms with Gasteiger partial charge in [0, 0.05) is 17.2 Å². The van der Waals surface area contributed by atoms with E-state index in [-0.39, 0.29) is 37.3 Å². The topological polar surface area (TPSA) is 86.6 Å². The smallest absolute Gasteiger partial charge is 0.304 e. The second kappa shape index (κ2) is 9.20. The Kier molecular flexibility index (Phi) is 6.96. The number of rotatable bonds is 9. The van der Waals surface area contributed by atoms with Gasteiger partial charge in [-0.1, -0.05) is 36.4 Å². The molecule has 1 aromatic heterocycles. The first-order valence-electron chi connectivity index (χ1n) is 7.77. The number of aliphatic hydroxyl groups excluding tert-OH is 1. The molecule has 3 N–H and O–H groups in total. The zero-order valence-electron chi connectivity index (χ0n) is 13.2. The minimum atomic E-state index is -0.927. The van der Waals surface area contributed by atoms with Gasteiger partial charge in [-0.15, -0.1) is 11.3 Å². The lowest BCUT2D eigenvalue weighted by molar-refractivity contribution is -0.137. The number of benzene rings is 1. The molecule has 6 heteroatoms. The van der Waals surface area contributed by atoms with E-state index in [0.29, 0.717) is 6.42 Å².